The number of benzene rings is 1. The highest BCUT2D eigenvalue weighted by Gasteiger charge is 2.36. The van der Waals surface area contributed by atoms with Crippen LogP contribution in [-0.2, 0) is 0 Å². The molecule has 1 aromatic rings. The van der Waals surface area contributed by atoms with Crippen LogP contribution in [0.4, 0.5) is 8.78 Å². The number of rotatable bonds is 4. The molecule has 1 aromatic carbocycles. The van der Waals surface area contributed by atoms with Gasteiger partial charge in [0.1, 0.15) is 5.75 Å². The van der Waals surface area contributed by atoms with Crippen LogP contribution in [0.3, 0.4) is 0 Å². The fraction of sp³-hybridized carbons (Fsp3) is 0.364. The number of halogens is 3. The zero-order valence-corrected chi connectivity index (χ0v) is 9.01. The van der Waals surface area contributed by atoms with Gasteiger partial charge in [-0.2, -0.15) is 8.78 Å². The number of hydrogen-bond donors (Lipinski definition) is 0. The maximum absolute atomic E-state index is 12.5. The highest BCUT2D eigenvalue weighted by molar-refractivity contribution is 6.35. The molecule has 0 radical (unpaired) electrons. The lowest BCUT2D eigenvalue weighted by atomic mass is 10.1. The van der Waals surface area contributed by atoms with Crippen LogP contribution in [0, 0.1) is 0 Å². The van der Waals surface area contributed by atoms with Crippen LogP contribution in [0.15, 0.2) is 24.3 Å². The summed E-state index contributed by atoms with van der Waals surface area (Å²) in [4.78, 5) is 11.1. The quantitative estimate of drug-likeness (QED) is 0.602. The van der Waals surface area contributed by atoms with Gasteiger partial charge in [0, 0.05) is 5.56 Å². The average molecular weight is 247 g/mol. The highest BCUT2D eigenvalue weighted by Crippen LogP contribution is 2.28. The lowest BCUT2D eigenvalue weighted by Crippen LogP contribution is -2.21. The molecule has 0 aliphatic heterocycles. The third kappa shape index (κ3) is 2.70. The van der Waals surface area contributed by atoms with Crippen LogP contribution in [-0.4, -0.2) is 17.3 Å². The first-order valence-electron chi connectivity index (χ1n) is 4.85. The standard InChI is InChI=1S/C11H9ClF2O2/c12-11(13,14)10(15)7-1-3-8(4-2-7)16-9-5-6-9/h1-4,9H,5-6H2. The average Bonchev–Trinajstić information content (AvgIpc) is 3.00. The van der Waals surface area contributed by atoms with Crippen molar-refractivity contribution in [2.75, 3.05) is 0 Å². The van der Waals surface area contributed by atoms with Gasteiger partial charge in [0.25, 0.3) is 0 Å². The van der Waals surface area contributed by atoms with Gasteiger partial charge in [0.15, 0.2) is 0 Å². The second-order valence-corrected chi connectivity index (χ2v) is 4.14. The van der Waals surface area contributed by atoms with Gasteiger partial charge in [-0.1, -0.05) is 0 Å². The first-order chi connectivity index (χ1) is 7.47. The van der Waals surface area contributed by atoms with E-state index in [0.29, 0.717) is 5.75 Å². The number of Topliss-reactive ketones (excluding diaryl/α,β-unsaturated/α-hetero) is 1. The van der Waals surface area contributed by atoms with E-state index in [0.717, 1.165) is 12.8 Å². The molecule has 1 saturated carbocycles. The maximum atomic E-state index is 12.5. The smallest absolute Gasteiger partial charge is 0.384 e. The molecule has 1 aliphatic carbocycles. The van der Waals surface area contributed by atoms with Gasteiger partial charge in [0.05, 0.1) is 6.10 Å². The van der Waals surface area contributed by atoms with Crippen LogP contribution < -0.4 is 4.74 Å². The molecule has 0 N–H and O–H groups in total. The Bertz CT molecular complexity index is 393. The predicted octanol–water partition coefficient (Wildman–Crippen LogP) is 3.24. The van der Waals surface area contributed by atoms with Crippen LogP contribution in [0.5, 0.6) is 5.75 Å². The molecule has 0 saturated heterocycles. The largest absolute Gasteiger partial charge is 0.490 e. The Kier molecular flexibility index (Phi) is 2.84. The molecule has 16 heavy (non-hydrogen) atoms. The first-order valence-corrected chi connectivity index (χ1v) is 5.23. The van der Waals surface area contributed by atoms with Crippen molar-refractivity contribution in [3.05, 3.63) is 29.8 Å². The molecule has 0 amide bonds. The summed E-state index contributed by atoms with van der Waals surface area (Å²) in [5, 5.41) is -3.85. The summed E-state index contributed by atoms with van der Waals surface area (Å²) in [6, 6.07) is 5.56. The van der Waals surface area contributed by atoms with Crippen LogP contribution >= 0.6 is 11.6 Å². The molecular weight excluding hydrogens is 238 g/mol. The van der Waals surface area contributed by atoms with E-state index < -0.39 is 11.2 Å². The molecule has 5 heteroatoms. The Morgan fingerprint density at radius 3 is 2.31 bits per heavy atom. The predicted molar refractivity (Wildman–Crippen MR) is 55.2 cm³/mol. The van der Waals surface area contributed by atoms with Crippen LogP contribution in [0.2, 0.25) is 0 Å². The Morgan fingerprint density at radius 1 is 1.31 bits per heavy atom. The highest BCUT2D eigenvalue weighted by atomic mass is 35.5. The van der Waals surface area contributed by atoms with E-state index in [-0.39, 0.29) is 11.7 Å². The van der Waals surface area contributed by atoms with Crippen molar-refractivity contribution in [3.8, 4) is 5.75 Å². The van der Waals surface area contributed by atoms with Gasteiger partial charge in [-0.15, -0.1) is 0 Å². The molecule has 0 spiro atoms. The lowest BCUT2D eigenvalue weighted by molar-refractivity contribution is 0.0536. The van der Waals surface area contributed by atoms with Gasteiger partial charge in [-0.05, 0) is 48.7 Å². The Hall–Kier alpha value is -1.16. The minimum atomic E-state index is -3.85. The summed E-state index contributed by atoms with van der Waals surface area (Å²) in [5.41, 5.74) is -0.122. The molecule has 2 rings (SSSR count). The fourth-order valence-corrected chi connectivity index (χ4v) is 1.34. The summed E-state index contributed by atoms with van der Waals surface area (Å²) < 4.78 is 30.4. The van der Waals surface area contributed by atoms with E-state index >= 15 is 0 Å². The van der Waals surface area contributed by atoms with E-state index in [4.69, 9.17) is 4.74 Å². The SMILES string of the molecule is O=C(c1ccc(OC2CC2)cc1)C(F)(F)Cl. The van der Waals surface area contributed by atoms with E-state index in [2.05, 4.69) is 11.6 Å². The summed E-state index contributed by atoms with van der Waals surface area (Å²) in [5.74, 6) is -0.816. The van der Waals surface area contributed by atoms with Crippen molar-refractivity contribution in [2.45, 2.75) is 24.3 Å². The van der Waals surface area contributed by atoms with E-state index in [9.17, 15) is 13.6 Å². The van der Waals surface area contributed by atoms with Crippen molar-refractivity contribution in [3.63, 3.8) is 0 Å². The fourth-order valence-electron chi connectivity index (χ4n) is 1.23. The number of carbonyl (C=O) groups is 1. The number of carbonyl (C=O) groups excluding carboxylic acids is 1. The first kappa shape index (κ1) is 11.3. The molecule has 86 valence electrons. The van der Waals surface area contributed by atoms with Crippen molar-refractivity contribution < 1.29 is 18.3 Å². The van der Waals surface area contributed by atoms with Crippen molar-refractivity contribution in [1.29, 1.82) is 0 Å². The monoisotopic (exact) mass is 246 g/mol. The normalized spacial score (nSPS) is 15.9. The summed E-state index contributed by atoms with van der Waals surface area (Å²) in [6.45, 7) is 0. The molecule has 0 atom stereocenters. The van der Waals surface area contributed by atoms with Crippen LogP contribution in [0.25, 0.3) is 0 Å². The van der Waals surface area contributed by atoms with E-state index in [1.54, 1.807) is 0 Å². The molecule has 0 aromatic heterocycles. The maximum Gasteiger partial charge on any atom is 0.384 e. The van der Waals surface area contributed by atoms with Crippen molar-refractivity contribution in [2.24, 2.45) is 0 Å². The van der Waals surface area contributed by atoms with E-state index in [1.807, 2.05) is 0 Å². The number of hydrogen-bond acceptors (Lipinski definition) is 2. The second-order valence-electron chi connectivity index (χ2n) is 3.67. The Balaban J connectivity index is 2.09. The summed E-state index contributed by atoms with van der Waals surface area (Å²) in [6.07, 6.45) is 2.26. The van der Waals surface area contributed by atoms with Crippen LogP contribution in [0.1, 0.15) is 23.2 Å². The van der Waals surface area contributed by atoms with E-state index in [1.165, 1.54) is 24.3 Å². The third-order valence-corrected chi connectivity index (χ3v) is 2.37. The number of alkyl halides is 3. The van der Waals surface area contributed by atoms with Crippen molar-refractivity contribution >= 4 is 17.4 Å². The number of ketones is 1. The summed E-state index contributed by atoms with van der Waals surface area (Å²) >= 11 is 4.64. The zero-order valence-electron chi connectivity index (χ0n) is 8.25. The molecule has 2 nitrogen and oxygen atoms in total. The molecule has 1 aliphatic rings. The topological polar surface area (TPSA) is 26.3 Å². The lowest BCUT2D eigenvalue weighted by Gasteiger charge is -2.08. The Labute approximate surface area is 96.2 Å². The molecule has 0 heterocycles. The Morgan fingerprint density at radius 2 is 1.88 bits per heavy atom. The van der Waals surface area contributed by atoms with Gasteiger partial charge in [-0.25, -0.2) is 0 Å². The minimum absolute atomic E-state index is 0.122. The third-order valence-electron chi connectivity index (χ3n) is 2.20. The summed E-state index contributed by atoms with van der Waals surface area (Å²) in [7, 11) is 0. The second kappa shape index (κ2) is 4.01. The van der Waals surface area contributed by atoms with Gasteiger partial charge >= 0.3 is 5.38 Å². The van der Waals surface area contributed by atoms with Crippen molar-refractivity contribution in [1.82, 2.24) is 0 Å². The molecule has 0 bridgehead atoms. The van der Waals surface area contributed by atoms with Gasteiger partial charge in [0.2, 0.25) is 5.78 Å². The molecule has 0 unspecified atom stereocenters. The van der Waals surface area contributed by atoms with Gasteiger partial charge in [-0.3, -0.25) is 4.79 Å². The zero-order chi connectivity index (χ0) is 11.8. The number of ether oxygens (including phenoxy) is 1. The molecular formula is C11H9ClF2O2. The minimum Gasteiger partial charge on any atom is -0.490 e. The van der Waals surface area contributed by atoms with Gasteiger partial charge < -0.3 is 4.74 Å². The molecule has 1 fully saturated rings.